The van der Waals surface area contributed by atoms with Gasteiger partial charge in [-0.2, -0.15) is 4.31 Å². The number of sulfonamides is 1. The highest BCUT2D eigenvalue weighted by Gasteiger charge is 2.25. The van der Waals surface area contributed by atoms with Crippen molar-refractivity contribution in [3.63, 3.8) is 0 Å². The Kier molecular flexibility index (Phi) is 7.38. The first-order valence-electron chi connectivity index (χ1n) is 10.0. The fraction of sp³-hybridized carbons (Fsp3) is 0.409. The zero-order valence-electron chi connectivity index (χ0n) is 16.9. The lowest BCUT2D eigenvalue weighted by Crippen LogP contribution is -2.32. The SMILES string of the molecule is CC(C)Sc1ccccc1C(=O)Nc1cccc(S(=O)(=O)N2CCCCCC2)c1. The number of nitrogens with zero attached hydrogens (tertiary/aromatic N) is 1. The van der Waals surface area contributed by atoms with E-state index >= 15 is 0 Å². The van der Waals surface area contributed by atoms with E-state index in [9.17, 15) is 13.2 Å². The number of benzene rings is 2. The van der Waals surface area contributed by atoms with Gasteiger partial charge in [0.25, 0.3) is 5.91 Å². The van der Waals surface area contributed by atoms with Crippen LogP contribution < -0.4 is 5.32 Å². The summed E-state index contributed by atoms with van der Waals surface area (Å²) in [5.74, 6) is -0.238. The van der Waals surface area contributed by atoms with Crippen LogP contribution in [0.4, 0.5) is 5.69 Å². The molecule has 0 saturated carbocycles. The summed E-state index contributed by atoms with van der Waals surface area (Å²) in [6.45, 7) is 5.27. The standard InChI is InChI=1S/C22H28N2O3S2/c1-17(2)28-21-13-6-5-12-20(21)22(25)23-18-10-9-11-19(16-18)29(26,27)24-14-7-3-4-8-15-24/h5-6,9-13,16-17H,3-4,7-8,14-15H2,1-2H3,(H,23,25). The van der Waals surface area contributed by atoms with E-state index < -0.39 is 10.0 Å². The molecule has 1 heterocycles. The number of amides is 1. The van der Waals surface area contributed by atoms with Crippen LogP contribution in [-0.2, 0) is 10.0 Å². The van der Waals surface area contributed by atoms with Crippen LogP contribution in [0, 0.1) is 0 Å². The summed E-state index contributed by atoms with van der Waals surface area (Å²) in [4.78, 5) is 14.0. The van der Waals surface area contributed by atoms with Crippen molar-refractivity contribution < 1.29 is 13.2 Å². The maximum atomic E-state index is 13.0. The predicted octanol–water partition coefficient (Wildman–Crippen LogP) is 5.00. The van der Waals surface area contributed by atoms with Gasteiger partial charge in [0.1, 0.15) is 0 Å². The number of rotatable bonds is 6. The molecule has 0 spiro atoms. The summed E-state index contributed by atoms with van der Waals surface area (Å²) in [5.41, 5.74) is 1.07. The Balaban J connectivity index is 1.81. The van der Waals surface area contributed by atoms with Crippen molar-refractivity contribution in [3.05, 3.63) is 54.1 Å². The van der Waals surface area contributed by atoms with Gasteiger partial charge in [0.2, 0.25) is 10.0 Å². The monoisotopic (exact) mass is 432 g/mol. The van der Waals surface area contributed by atoms with Crippen LogP contribution in [0.2, 0.25) is 0 Å². The normalized spacial score (nSPS) is 15.8. The van der Waals surface area contributed by atoms with E-state index in [-0.39, 0.29) is 10.8 Å². The molecule has 0 atom stereocenters. The van der Waals surface area contributed by atoms with Gasteiger partial charge < -0.3 is 5.32 Å². The zero-order chi connectivity index (χ0) is 20.9. The molecule has 0 bridgehead atoms. The Morgan fingerprint density at radius 2 is 1.69 bits per heavy atom. The molecule has 5 nitrogen and oxygen atoms in total. The molecule has 1 fully saturated rings. The second-order valence-electron chi connectivity index (χ2n) is 7.46. The molecule has 0 aliphatic carbocycles. The summed E-state index contributed by atoms with van der Waals surface area (Å²) in [6, 6.07) is 14.0. The number of nitrogens with one attached hydrogen (secondary N) is 1. The highest BCUT2D eigenvalue weighted by molar-refractivity contribution is 8.00. The molecule has 1 aliphatic heterocycles. The Bertz CT molecular complexity index is 950. The van der Waals surface area contributed by atoms with Gasteiger partial charge in [-0.25, -0.2) is 8.42 Å². The number of hydrogen-bond donors (Lipinski definition) is 1. The van der Waals surface area contributed by atoms with Gasteiger partial charge in [0.05, 0.1) is 10.5 Å². The fourth-order valence-electron chi connectivity index (χ4n) is 3.37. The van der Waals surface area contributed by atoms with E-state index in [1.165, 1.54) is 0 Å². The first-order chi connectivity index (χ1) is 13.9. The molecule has 1 aliphatic rings. The Hall–Kier alpha value is -1.83. The van der Waals surface area contributed by atoms with E-state index in [1.807, 2.05) is 18.2 Å². The van der Waals surface area contributed by atoms with Crippen molar-refractivity contribution in [2.24, 2.45) is 0 Å². The first-order valence-corrected chi connectivity index (χ1v) is 12.4. The smallest absolute Gasteiger partial charge is 0.256 e. The summed E-state index contributed by atoms with van der Waals surface area (Å²) in [5, 5.41) is 3.22. The van der Waals surface area contributed by atoms with Crippen molar-refractivity contribution in [2.45, 2.75) is 54.6 Å². The van der Waals surface area contributed by atoms with Gasteiger partial charge in [-0.1, -0.05) is 44.9 Å². The van der Waals surface area contributed by atoms with Gasteiger partial charge in [0, 0.05) is 28.9 Å². The lowest BCUT2D eigenvalue weighted by Gasteiger charge is -2.20. The van der Waals surface area contributed by atoms with E-state index in [2.05, 4.69) is 19.2 Å². The molecule has 1 amide bonds. The average molecular weight is 433 g/mol. The summed E-state index contributed by atoms with van der Waals surface area (Å²) >= 11 is 1.63. The van der Waals surface area contributed by atoms with Gasteiger partial charge in [-0.05, 0) is 43.2 Å². The summed E-state index contributed by atoms with van der Waals surface area (Å²) in [6.07, 6.45) is 3.91. The largest absolute Gasteiger partial charge is 0.322 e. The third kappa shape index (κ3) is 5.62. The van der Waals surface area contributed by atoms with E-state index in [0.717, 1.165) is 30.6 Å². The number of thioether (sulfide) groups is 1. The van der Waals surface area contributed by atoms with Crippen LogP contribution in [0.25, 0.3) is 0 Å². The second kappa shape index (κ2) is 9.78. The number of carbonyl (C=O) groups excluding carboxylic acids is 1. The molecule has 0 unspecified atom stereocenters. The molecule has 2 aromatic carbocycles. The average Bonchev–Trinajstić information content (AvgIpc) is 2.98. The third-order valence-electron chi connectivity index (χ3n) is 4.79. The number of anilines is 1. The Morgan fingerprint density at radius 3 is 2.38 bits per heavy atom. The van der Waals surface area contributed by atoms with Crippen molar-refractivity contribution in [2.75, 3.05) is 18.4 Å². The van der Waals surface area contributed by atoms with Gasteiger partial charge in [0.15, 0.2) is 0 Å². The third-order valence-corrected chi connectivity index (χ3v) is 7.77. The quantitative estimate of drug-likeness (QED) is 0.652. The molecule has 0 aromatic heterocycles. The molecular weight excluding hydrogens is 404 g/mol. The molecule has 3 rings (SSSR count). The Labute approximate surface area is 177 Å². The van der Waals surface area contributed by atoms with E-state index in [0.29, 0.717) is 29.6 Å². The van der Waals surface area contributed by atoms with Crippen LogP contribution in [-0.4, -0.2) is 37.0 Å². The minimum atomic E-state index is -3.55. The van der Waals surface area contributed by atoms with Gasteiger partial charge in [-0.15, -0.1) is 11.8 Å². The minimum Gasteiger partial charge on any atom is -0.322 e. The van der Waals surface area contributed by atoms with Crippen molar-refractivity contribution in [3.8, 4) is 0 Å². The van der Waals surface area contributed by atoms with Crippen molar-refractivity contribution >= 4 is 33.4 Å². The molecule has 1 N–H and O–H groups in total. The van der Waals surface area contributed by atoms with E-state index in [1.54, 1.807) is 46.4 Å². The highest BCUT2D eigenvalue weighted by atomic mass is 32.2. The number of hydrogen-bond acceptors (Lipinski definition) is 4. The van der Waals surface area contributed by atoms with Crippen LogP contribution >= 0.6 is 11.8 Å². The maximum absolute atomic E-state index is 13.0. The predicted molar refractivity (Wildman–Crippen MR) is 119 cm³/mol. The van der Waals surface area contributed by atoms with Crippen LogP contribution in [0.5, 0.6) is 0 Å². The van der Waals surface area contributed by atoms with Crippen molar-refractivity contribution in [1.29, 1.82) is 0 Å². The molecule has 1 saturated heterocycles. The van der Waals surface area contributed by atoms with Crippen LogP contribution in [0.3, 0.4) is 0 Å². The topological polar surface area (TPSA) is 66.5 Å². The van der Waals surface area contributed by atoms with Crippen molar-refractivity contribution in [1.82, 2.24) is 4.31 Å². The van der Waals surface area contributed by atoms with Gasteiger partial charge >= 0.3 is 0 Å². The molecule has 2 aromatic rings. The van der Waals surface area contributed by atoms with E-state index in [4.69, 9.17) is 0 Å². The molecule has 0 radical (unpaired) electrons. The lowest BCUT2D eigenvalue weighted by molar-refractivity contribution is 0.102. The van der Waals surface area contributed by atoms with Gasteiger partial charge in [-0.3, -0.25) is 4.79 Å². The zero-order valence-corrected chi connectivity index (χ0v) is 18.6. The Morgan fingerprint density at radius 1 is 1.00 bits per heavy atom. The first kappa shape index (κ1) is 21.9. The fourth-order valence-corrected chi connectivity index (χ4v) is 5.89. The lowest BCUT2D eigenvalue weighted by atomic mass is 10.2. The molecule has 29 heavy (non-hydrogen) atoms. The molecule has 156 valence electrons. The maximum Gasteiger partial charge on any atom is 0.256 e. The minimum absolute atomic E-state index is 0.224. The van der Waals surface area contributed by atoms with Crippen LogP contribution in [0.15, 0.2) is 58.3 Å². The summed E-state index contributed by atoms with van der Waals surface area (Å²) < 4.78 is 27.6. The van der Waals surface area contributed by atoms with Crippen LogP contribution in [0.1, 0.15) is 49.9 Å². The molecular formula is C22H28N2O3S2. The second-order valence-corrected chi connectivity index (χ2v) is 11.0. The number of carbonyl (C=O) groups is 1. The molecule has 7 heteroatoms. The highest BCUT2D eigenvalue weighted by Crippen LogP contribution is 2.28. The summed E-state index contributed by atoms with van der Waals surface area (Å²) in [7, 11) is -3.55.